The summed E-state index contributed by atoms with van der Waals surface area (Å²) < 4.78 is 0. The van der Waals surface area contributed by atoms with Crippen LogP contribution < -0.4 is 0 Å². The highest BCUT2D eigenvalue weighted by Crippen LogP contribution is 2.33. The molecule has 0 fully saturated rings. The van der Waals surface area contributed by atoms with E-state index < -0.39 is 5.97 Å². The average molecular weight is 309 g/mol. The molecule has 0 bridgehead atoms. The van der Waals surface area contributed by atoms with Gasteiger partial charge in [-0.15, -0.1) is 0 Å². The number of carbonyl (C=O) groups is 1. The van der Waals surface area contributed by atoms with Gasteiger partial charge in [0.05, 0.1) is 10.0 Å². The molecule has 2 aromatic rings. The molecule has 1 atom stereocenters. The van der Waals surface area contributed by atoms with E-state index >= 15 is 0 Å². The molecule has 0 spiro atoms. The van der Waals surface area contributed by atoms with E-state index in [9.17, 15) is 4.79 Å². The summed E-state index contributed by atoms with van der Waals surface area (Å²) in [6, 6.07) is 15.3. The maximum absolute atomic E-state index is 10.8. The van der Waals surface area contributed by atoms with Gasteiger partial charge in [0.15, 0.2) is 0 Å². The van der Waals surface area contributed by atoms with Crippen LogP contribution in [-0.4, -0.2) is 11.1 Å². The second-order valence-electron chi connectivity index (χ2n) is 4.57. The van der Waals surface area contributed by atoms with Crippen molar-refractivity contribution in [1.82, 2.24) is 0 Å². The fourth-order valence-electron chi connectivity index (χ4n) is 2.21. The van der Waals surface area contributed by atoms with E-state index in [1.54, 1.807) is 6.07 Å². The number of aliphatic carboxylic acids is 1. The van der Waals surface area contributed by atoms with Crippen molar-refractivity contribution in [2.24, 2.45) is 0 Å². The molecule has 0 amide bonds. The van der Waals surface area contributed by atoms with E-state index in [-0.39, 0.29) is 12.3 Å². The van der Waals surface area contributed by atoms with Crippen molar-refractivity contribution in [3.63, 3.8) is 0 Å². The van der Waals surface area contributed by atoms with Crippen LogP contribution in [0.1, 0.15) is 29.9 Å². The second-order valence-corrected chi connectivity index (χ2v) is 5.38. The van der Waals surface area contributed by atoms with Gasteiger partial charge in [-0.25, -0.2) is 0 Å². The molecule has 20 heavy (non-hydrogen) atoms. The van der Waals surface area contributed by atoms with Crippen molar-refractivity contribution >= 4 is 29.2 Å². The van der Waals surface area contributed by atoms with Gasteiger partial charge < -0.3 is 5.11 Å². The van der Waals surface area contributed by atoms with Crippen LogP contribution >= 0.6 is 23.2 Å². The van der Waals surface area contributed by atoms with Crippen LogP contribution in [0.5, 0.6) is 0 Å². The van der Waals surface area contributed by atoms with Crippen LogP contribution in [0, 0.1) is 0 Å². The molecule has 2 nitrogen and oxygen atoms in total. The Morgan fingerprint density at radius 1 is 1.00 bits per heavy atom. The molecule has 0 aromatic heterocycles. The third-order valence-corrected chi connectivity index (χ3v) is 3.93. The van der Waals surface area contributed by atoms with E-state index in [1.807, 2.05) is 42.5 Å². The highest BCUT2D eigenvalue weighted by Gasteiger charge is 2.16. The normalized spacial score (nSPS) is 12.1. The molecular weight excluding hydrogens is 295 g/mol. The van der Waals surface area contributed by atoms with Gasteiger partial charge in [-0.1, -0.05) is 59.6 Å². The first-order valence-electron chi connectivity index (χ1n) is 6.29. The Labute approximate surface area is 128 Å². The number of hydrogen-bond acceptors (Lipinski definition) is 1. The molecule has 0 saturated heterocycles. The molecule has 0 heterocycles. The maximum Gasteiger partial charge on any atom is 0.303 e. The van der Waals surface area contributed by atoms with Gasteiger partial charge in [-0.3, -0.25) is 4.79 Å². The van der Waals surface area contributed by atoms with Crippen LogP contribution in [0.25, 0.3) is 0 Å². The standard InChI is InChI=1S/C16H14Cl2O2/c17-14-8-6-12(10-15(14)18)13(7-9-16(19)20)11-4-2-1-3-5-11/h1-6,8,10,13H,7,9H2,(H,19,20). The Hall–Kier alpha value is -1.51. The van der Waals surface area contributed by atoms with Gasteiger partial charge in [0.25, 0.3) is 0 Å². The number of carboxylic acids is 1. The second kappa shape index (κ2) is 6.78. The quantitative estimate of drug-likeness (QED) is 0.845. The molecular formula is C16H14Cl2O2. The lowest BCUT2D eigenvalue weighted by Crippen LogP contribution is -2.05. The summed E-state index contributed by atoms with van der Waals surface area (Å²) in [6.07, 6.45) is 0.636. The minimum Gasteiger partial charge on any atom is -0.481 e. The molecule has 2 aromatic carbocycles. The lowest BCUT2D eigenvalue weighted by atomic mass is 9.87. The van der Waals surface area contributed by atoms with Gasteiger partial charge >= 0.3 is 5.97 Å². The summed E-state index contributed by atoms with van der Waals surface area (Å²) in [4.78, 5) is 10.8. The monoisotopic (exact) mass is 308 g/mol. The molecule has 104 valence electrons. The number of carboxylic acid groups (broad SMARTS) is 1. The summed E-state index contributed by atoms with van der Waals surface area (Å²) >= 11 is 12.0. The van der Waals surface area contributed by atoms with Crippen molar-refractivity contribution in [1.29, 1.82) is 0 Å². The van der Waals surface area contributed by atoms with Crippen LogP contribution in [0.4, 0.5) is 0 Å². The van der Waals surface area contributed by atoms with E-state index in [4.69, 9.17) is 28.3 Å². The van der Waals surface area contributed by atoms with Crippen molar-refractivity contribution in [3.8, 4) is 0 Å². The van der Waals surface area contributed by atoms with E-state index in [0.29, 0.717) is 16.5 Å². The Kier molecular flexibility index (Phi) is 5.05. The molecule has 4 heteroatoms. The lowest BCUT2D eigenvalue weighted by molar-refractivity contribution is -0.137. The van der Waals surface area contributed by atoms with Gasteiger partial charge in [0.2, 0.25) is 0 Å². The first kappa shape index (κ1) is 14.9. The molecule has 0 aliphatic heterocycles. The topological polar surface area (TPSA) is 37.3 Å². The van der Waals surface area contributed by atoms with Crippen molar-refractivity contribution in [2.75, 3.05) is 0 Å². The largest absolute Gasteiger partial charge is 0.481 e. The van der Waals surface area contributed by atoms with E-state index in [2.05, 4.69) is 0 Å². The van der Waals surface area contributed by atoms with E-state index in [1.165, 1.54) is 0 Å². The minimum absolute atomic E-state index is 0.00191. The van der Waals surface area contributed by atoms with Crippen LogP contribution in [-0.2, 0) is 4.79 Å². The first-order chi connectivity index (χ1) is 9.58. The number of benzene rings is 2. The molecule has 0 radical (unpaired) electrons. The molecule has 1 N–H and O–H groups in total. The molecule has 2 rings (SSSR count). The average Bonchev–Trinajstić information content (AvgIpc) is 2.44. The van der Waals surface area contributed by atoms with Gasteiger partial charge in [0.1, 0.15) is 0 Å². The summed E-state index contributed by atoms with van der Waals surface area (Å²) in [5, 5.41) is 9.89. The third kappa shape index (κ3) is 3.75. The van der Waals surface area contributed by atoms with E-state index in [0.717, 1.165) is 11.1 Å². The Bertz CT molecular complexity index is 597. The van der Waals surface area contributed by atoms with Gasteiger partial charge in [0, 0.05) is 12.3 Å². The predicted octanol–water partition coefficient (Wildman–Crippen LogP) is 4.99. The third-order valence-electron chi connectivity index (χ3n) is 3.19. The van der Waals surface area contributed by atoms with Crippen molar-refractivity contribution in [3.05, 3.63) is 69.7 Å². The zero-order valence-electron chi connectivity index (χ0n) is 10.7. The maximum atomic E-state index is 10.8. The summed E-state index contributed by atoms with van der Waals surface area (Å²) in [5.41, 5.74) is 2.05. The fourth-order valence-corrected chi connectivity index (χ4v) is 2.51. The highest BCUT2D eigenvalue weighted by molar-refractivity contribution is 6.42. The van der Waals surface area contributed by atoms with Crippen LogP contribution in [0.15, 0.2) is 48.5 Å². The number of hydrogen-bond donors (Lipinski definition) is 1. The van der Waals surface area contributed by atoms with Gasteiger partial charge in [-0.05, 0) is 29.7 Å². The van der Waals surface area contributed by atoms with Crippen molar-refractivity contribution < 1.29 is 9.90 Å². The Balaban J connectivity index is 2.35. The molecule has 0 saturated carbocycles. The van der Waals surface area contributed by atoms with Crippen molar-refractivity contribution in [2.45, 2.75) is 18.8 Å². The predicted molar refractivity (Wildman–Crippen MR) is 81.6 cm³/mol. The zero-order valence-corrected chi connectivity index (χ0v) is 12.2. The summed E-state index contributed by atoms with van der Waals surface area (Å²) in [7, 11) is 0. The summed E-state index contributed by atoms with van der Waals surface area (Å²) in [6.45, 7) is 0. The number of halogens is 2. The Morgan fingerprint density at radius 2 is 1.70 bits per heavy atom. The molecule has 0 aliphatic carbocycles. The number of rotatable bonds is 5. The molecule has 0 aliphatic rings. The minimum atomic E-state index is -0.800. The van der Waals surface area contributed by atoms with Crippen LogP contribution in [0.2, 0.25) is 10.0 Å². The van der Waals surface area contributed by atoms with Gasteiger partial charge in [-0.2, -0.15) is 0 Å². The summed E-state index contributed by atoms with van der Waals surface area (Å²) in [5.74, 6) is -0.798. The lowest BCUT2D eigenvalue weighted by Gasteiger charge is -2.17. The first-order valence-corrected chi connectivity index (χ1v) is 7.05. The zero-order chi connectivity index (χ0) is 14.5. The fraction of sp³-hybridized carbons (Fsp3) is 0.188. The Morgan fingerprint density at radius 3 is 2.30 bits per heavy atom. The SMILES string of the molecule is O=C(O)CCC(c1ccccc1)c1ccc(Cl)c(Cl)c1. The molecule has 1 unspecified atom stereocenters. The highest BCUT2D eigenvalue weighted by atomic mass is 35.5. The van der Waals surface area contributed by atoms with Crippen LogP contribution in [0.3, 0.4) is 0 Å². The smallest absolute Gasteiger partial charge is 0.303 e.